The molecule has 27 heavy (non-hydrogen) atoms. The lowest BCUT2D eigenvalue weighted by Crippen LogP contribution is -2.38. The summed E-state index contributed by atoms with van der Waals surface area (Å²) in [4.78, 5) is 11.1. The van der Waals surface area contributed by atoms with Crippen LogP contribution in [0.25, 0.3) is 5.69 Å². The van der Waals surface area contributed by atoms with E-state index in [1.165, 1.54) is 18.4 Å². The molecule has 1 aliphatic rings. The van der Waals surface area contributed by atoms with E-state index in [4.69, 9.17) is 0 Å². The molecule has 3 aromatic rings. The second-order valence-electron chi connectivity index (χ2n) is 6.75. The van der Waals surface area contributed by atoms with Gasteiger partial charge in [-0.15, -0.1) is 0 Å². The predicted octanol–water partition coefficient (Wildman–Crippen LogP) is 2.46. The summed E-state index contributed by atoms with van der Waals surface area (Å²) in [7, 11) is 1.88. The summed E-state index contributed by atoms with van der Waals surface area (Å²) < 4.78 is 1.87. The van der Waals surface area contributed by atoms with E-state index in [9.17, 15) is 0 Å². The van der Waals surface area contributed by atoms with Crippen molar-refractivity contribution in [3.8, 4) is 5.69 Å². The second kappa shape index (κ2) is 8.18. The fourth-order valence-corrected chi connectivity index (χ4v) is 3.56. The van der Waals surface area contributed by atoms with Gasteiger partial charge < -0.3 is 15.5 Å². The molecule has 2 N–H and O–H groups in total. The minimum atomic E-state index is 0.466. The minimum Gasteiger partial charge on any atom is -0.373 e. The van der Waals surface area contributed by atoms with E-state index in [1.807, 2.05) is 30.1 Å². The van der Waals surface area contributed by atoms with Crippen molar-refractivity contribution in [1.82, 2.24) is 25.1 Å². The summed E-state index contributed by atoms with van der Waals surface area (Å²) >= 11 is 0. The molecule has 0 saturated carbocycles. The predicted molar refractivity (Wildman–Crippen MR) is 107 cm³/mol. The monoisotopic (exact) mass is 363 g/mol. The molecule has 3 heterocycles. The molecule has 4 rings (SSSR count). The number of benzene rings is 1. The van der Waals surface area contributed by atoms with Gasteiger partial charge in [0, 0.05) is 51.2 Å². The maximum absolute atomic E-state index is 4.46. The molecule has 7 nitrogen and oxygen atoms in total. The average molecular weight is 363 g/mol. The highest BCUT2D eigenvalue weighted by Gasteiger charge is 2.25. The van der Waals surface area contributed by atoms with Crippen LogP contribution in [0.5, 0.6) is 0 Å². The Hall–Kier alpha value is -2.93. The first-order valence-corrected chi connectivity index (χ1v) is 9.39. The van der Waals surface area contributed by atoms with Gasteiger partial charge in [0.2, 0.25) is 0 Å². The lowest BCUT2D eigenvalue weighted by atomic mass is 10.2. The van der Waals surface area contributed by atoms with Crippen molar-refractivity contribution in [2.45, 2.75) is 25.4 Å². The standard InChI is InChI=1S/C20H25N7/c1-21-19-12-20(24-15-23-19)26-10-2-4-18(26)14-22-13-16-5-7-17(8-6-16)27-11-3-9-25-27/h3,5-9,11-12,15,18,22H,2,4,10,13-14H2,1H3,(H,21,23,24). The molecule has 1 atom stereocenters. The van der Waals surface area contributed by atoms with Crippen LogP contribution >= 0.6 is 0 Å². The number of anilines is 2. The maximum atomic E-state index is 4.46. The van der Waals surface area contributed by atoms with Crippen molar-refractivity contribution in [2.24, 2.45) is 0 Å². The number of hydrogen-bond donors (Lipinski definition) is 2. The molecule has 2 aromatic heterocycles. The zero-order chi connectivity index (χ0) is 18.5. The molecule has 1 aliphatic heterocycles. The van der Waals surface area contributed by atoms with E-state index in [1.54, 1.807) is 12.5 Å². The van der Waals surface area contributed by atoms with Gasteiger partial charge in [-0.2, -0.15) is 5.10 Å². The average Bonchev–Trinajstić information content (AvgIpc) is 3.41. The van der Waals surface area contributed by atoms with Crippen LogP contribution in [-0.4, -0.2) is 45.9 Å². The van der Waals surface area contributed by atoms with Crippen molar-refractivity contribution in [2.75, 3.05) is 30.4 Å². The van der Waals surface area contributed by atoms with Crippen molar-refractivity contribution in [3.05, 3.63) is 60.7 Å². The van der Waals surface area contributed by atoms with E-state index in [-0.39, 0.29) is 0 Å². The van der Waals surface area contributed by atoms with E-state index >= 15 is 0 Å². The lowest BCUT2D eigenvalue weighted by Gasteiger charge is -2.26. The van der Waals surface area contributed by atoms with Gasteiger partial charge >= 0.3 is 0 Å². The van der Waals surface area contributed by atoms with E-state index in [0.29, 0.717) is 6.04 Å². The third-order valence-electron chi connectivity index (χ3n) is 4.99. The second-order valence-corrected chi connectivity index (χ2v) is 6.75. The molecule has 1 aromatic carbocycles. The van der Waals surface area contributed by atoms with Crippen LogP contribution in [0.2, 0.25) is 0 Å². The molecular weight excluding hydrogens is 338 g/mol. The summed E-state index contributed by atoms with van der Waals surface area (Å²) in [6.45, 7) is 2.85. The Morgan fingerprint density at radius 3 is 2.85 bits per heavy atom. The summed E-state index contributed by atoms with van der Waals surface area (Å²) in [5.41, 5.74) is 2.35. The normalized spacial score (nSPS) is 16.6. The summed E-state index contributed by atoms with van der Waals surface area (Å²) in [6.07, 6.45) is 7.76. The molecule has 0 spiro atoms. The number of nitrogens with one attached hydrogen (secondary N) is 2. The quantitative estimate of drug-likeness (QED) is 0.672. The zero-order valence-corrected chi connectivity index (χ0v) is 15.5. The fourth-order valence-electron chi connectivity index (χ4n) is 3.56. The molecule has 0 radical (unpaired) electrons. The highest BCUT2D eigenvalue weighted by molar-refractivity contribution is 5.49. The van der Waals surface area contributed by atoms with Crippen LogP contribution in [0.1, 0.15) is 18.4 Å². The number of rotatable bonds is 7. The van der Waals surface area contributed by atoms with Crippen molar-refractivity contribution < 1.29 is 0 Å². The Bertz CT molecular complexity index is 845. The molecule has 1 saturated heterocycles. The summed E-state index contributed by atoms with van der Waals surface area (Å²) in [5.74, 6) is 1.86. The first-order chi connectivity index (χ1) is 13.3. The Morgan fingerprint density at radius 1 is 1.19 bits per heavy atom. The Kier molecular flexibility index (Phi) is 5.29. The lowest BCUT2D eigenvalue weighted by molar-refractivity contribution is 0.570. The molecule has 1 fully saturated rings. The summed E-state index contributed by atoms with van der Waals surface area (Å²) in [6, 6.07) is 12.9. The van der Waals surface area contributed by atoms with Crippen LogP contribution in [-0.2, 0) is 6.54 Å². The highest BCUT2D eigenvalue weighted by atomic mass is 15.3. The van der Waals surface area contributed by atoms with Gasteiger partial charge in [-0.3, -0.25) is 0 Å². The topological polar surface area (TPSA) is 70.9 Å². The Morgan fingerprint density at radius 2 is 2.07 bits per heavy atom. The van der Waals surface area contributed by atoms with E-state index in [0.717, 1.165) is 37.0 Å². The van der Waals surface area contributed by atoms with Gasteiger partial charge in [0.25, 0.3) is 0 Å². The van der Waals surface area contributed by atoms with Crippen LogP contribution < -0.4 is 15.5 Å². The van der Waals surface area contributed by atoms with Crippen molar-refractivity contribution >= 4 is 11.6 Å². The van der Waals surface area contributed by atoms with Crippen molar-refractivity contribution in [3.63, 3.8) is 0 Å². The molecule has 7 heteroatoms. The third kappa shape index (κ3) is 4.09. The largest absolute Gasteiger partial charge is 0.373 e. The third-order valence-corrected chi connectivity index (χ3v) is 4.99. The van der Waals surface area contributed by atoms with Crippen molar-refractivity contribution in [1.29, 1.82) is 0 Å². The van der Waals surface area contributed by atoms with Crippen LogP contribution in [0.15, 0.2) is 55.1 Å². The van der Waals surface area contributed by atoms with Gasteiger partial charge in [0.1, 0.15) is 18.0 Å². The maximum Gasteiger partial charge on any atom is 0.134 e. The SMILES string of the molecule is CNc1cc(N2CCCC2CNCc2ccc(-n3cccn3)cc2)ncn1. The zero-order valence-electron chi connectivity index (χ0n) is 15.5. The first-order valence-electron chi connectivity index (χ1n) is 9.39. The minimum absolute atomic E-state index is 0.466. The Balaban J connectivity index is 1.33. The molecule has 0 aliphatic carbocycles. The smallest absolute Gasteiger partial charge is 0.134 e. The number of nitrogens with zero attached hydrogens (tertiary/aromatic N) is 5. The van der Waals surface area contributed by atoms with Crippen LogP contribution in [0.3, 0.4) is 0 Å². The van der Waals surface area contributed by atoms with Gasteiger partial charge in [-0.1, -0.05) is 12.1 Å². The highest BCUT2D eigenvalue weighted by Crippen LogP contribution is 2.24. The van der Waals surface area contributed by atoms with Gasteiger partial charge in [-0.25, -0.2) is 14.6 Å². The summed E-state index contributed by atoms with van der Waals surface area (Å²) in [5, 5.41) is 10.9. The van der Waals surface area contributed by atoms with E-state index in [2.05, 4.69) is 54.9 Å². The number of aromatic nitrogens is 4. The first kappa shape index (κ1) is 17.5. The van der Waals surface area contributed by atoms with Gasteiger partial charge in [0.05, 0.1) is 5.69 Å². The number of hydrogen-bond acceptors (Lipinski definition) is 6. The molecule has 0 amide bonds. The Labute approximate surface area is 159 Å². The molecule has 1 unspecified atom stereocenters. The van der Waals surface area contributed by atoms with Crippen LogP contribution in [0.4, 0.5) is 11.6 Å². The molecule has 140 valence electrons. The molecular formula is C20H25N7. The van der Waals surface area contributed by atoms with Gasteiger partial charge in [-0.05, 0) is 36.6 Å². The molecule has 0 bridgehead atoms. The van der Waals surface area contributed by atoms with Gasteiger partial charge in [0.15, 0.2) is 0 Å². The fraction of sp³-hybridized carbons (Fsp3) is 0.350. The van der Waals surface area contributed by atoms with Crippen LogP contribution in [0, 0.1) is 0 Å². The van der Waals surface area contributed by atoms with E-state index < -0.39 is 0 Å².